The van der Waals surface area contributed by atoms with E-state index in [9.17, 15) is 0 Å². The normalized spacial score (nSPS) is 12.7. The topological polar surface area (TPSA) is 47.3 Å². The fraction of sp³-hybridized carbons (Fsp3) is 0.455. The van der Waals surface area contributed by atoms with Gasteiger partial charge in [0, 0.05) is 30.4 Å². The molecule has 1 atom stereocenters. The summed E-state index contributed by atoms with van der Waals surface area (Å²) < 4.78 is 6.15. The van der Waals surface area contributed by atoms with Crippen LogP contribution < -0.4 is 11.1 Å². The van der Waals surface area contributed by atoms with Gasteiger partial charge < -0.3 is 15.8 Å². The summed E-state index contributed by atoms with van der Waals surface area (Å²) in [6.45, 7) is 3.67. The summed E-state index contributed by atoms with van der Waals surface area (Å²) in [5.74, 6) is 0. The van der Waals surface area contributed by atoms with Crippen LogP contribution in [-0.4, -0.2) is 19.8 Å². The molecular formula is C11H17BrN2O. The molecule has 0 saturated carbocycles. The molecule has 1 unspecified atom stereocenters. The van der Waals surface area contributed by atoms with E-state index in [0.717, 1.165) is 23.2 Å². The zero-order valence-electron chi connectivity index (χ0n) is 9.09. The lowest BCUT2D eigenvalue weighted by Gasteiger charge is -2.11. The van der Waals surface area contributed by atoms with Gasteiger partial charge in [0.05, 0.1) is 6.10 Å². The maximum Gasteiger partial charge on any atom is 0.0667 e. The first-order valence-electron chi connectivity index (χ1n) is 4.90. The summed E-state index contributed by atoms with van der Waals surface area (Å²) in [7, 11) is 1.71. The number of rotatable bonds is 5. The smallest absolute Gasteiger partial charge is 0.0667 e. The summed E-state index contributed by atoms with van der Waals surface area (Å²) in [5, 5.41) is 3.31. The highest BCUT2D eigenvalue weighted by Crippen LogP contribution is 2.16. The molecule has 1 aromatic rings. The van der Waals surface area contributed by atoms with Crippen molar-refractivity contribution in [3.8, 4) is 0 Å². The Hall–Kier alpha value is -0.580. The molecule has 0 aromatic heterocycles. The first-order valence-corrected chi connectivity index (χ1v) is 5.69. The summed E-state index contributed by atoms with van der Waals surface area (Å²) in [6, 6.07) is 5.91. The lowest BCUT2D eigenvalue weighted by atomic mass is 10.2. The maximum absolute atomic E-state index is 5.73. The van der Waals surface area contributed by atoms with E-state index >= 15 is 0 Å². The number of hydrogen-bond acceptors (Lipinski definition) is 3. The van der Waals surface area contributed by atoms with Crippen LogP contribution in [0.5, 0.6) is 0 Å². The van der Waals surface area contributed by atoms with Crippen molar-refractivity contribution in [3.63, 3.8) is 0 Å². The molecule has 84 valence electrons. The van der Waals surface area contributed by atoms with Crippen molar-refractivity contribution < 1.29 is 4.74 Å². The van der Waals surface area contributed by atoms with Gasteiger partial charge in [-0.3, -0.25) is 0 Å². The quantitative estimate of drug-likeness (QED) is 0.808. The van der Waals surface area contributed by atoms with Crippen molar-refractivity contribution in [2.24, 2.45) is 0 Å². The van der Waals surface area contributed by atoms with E-state index in [1.807, 2.05) is 19.1 Å². The molecule has 15 heavy (non-hydrogen) atoms. The molecule has 0 aliphatic carbocycles. The van der Waals surface area contributed by atoms with E-state index in [1.165, 1.54) is 5.56 Å². The molecular weight excluding hydrogens is 256 g/mol. The lowest BCUT2D eigenvalue weighted by molar-refractivity contribution is 0.117. The van der Waals surface area contributed by atoms with Gasteiger partial charge in [-0.1, -0.05) is 15.9 Å². The van der Waals surface area contributed by atoms with Crippen LogP contribution in [0.15, 0.2) is 22.7 Å². The average Bonchev–Trinajstić information content (AvgIpc) is 2.16. The number of anilines is 1. The Labute approximate surface area is 99.1 Å². The molecule has 0 radical (unpaired) electrons. The maximum atomic E-state index is 5.73. The Balaban J connectivity index is 2.43. The highest BCUT2D eigenvalue weighted by Gasteiger charge is 2.00. The van der Waals surface area contributed by atoms with Crippen LogP contribution >= 0.6 is 15.9 Å². The second kappa shape index (κ2) is 6.10. The summed E-state index contributed by atoms with van der Waals surface area (Å²) >= 11 is 3.42. The number of ether oxygens (including phenoxy) is 1. The Morgan fingerprint density at radius 1 is 1.47 bits per heavy atom. The van der Waals surface area contributed by atoms with E-state index in [4.69, 9.17) is 10.5 Å². The number of methoxy groups -OCH3 is 1. The van der Waals surface area contributed by atoms with Gasteiger partial charge in [-0.2, -0.15) is 0 Å². The van der Waals surface area contributed by atoms with Crippen LogP contribution in [0.25, 0.3) is 0 Å². The minimum Gasteiger partial charge on any atom is -0.399 e. The molecule has 0 bridgehead atoms. The SMILES string of the molecule is COC(C)CNCc1cc(N)cc(Br)c1. The predicted octanol–water partition coefficient (Wildman–Crippen LogP) is 2.16. The van der Waals surface area contributed by atoms with Crippen molar-refractivity contribution in [2.45, 2.75) is 19.6 Å². The van der Waals surface area contributed by atoms with E-state index < -0.39 is 0 Å². The van der Waals surface area contributed by atoms with Gasteiger partial charge in [-0.15, -0.1) is 0 Å². The molecule has 4 heteroatoms. The van der Waals surface area contributed by atoms with E-state index in [1.54, 1.807) is 7.11 Å². The standard InChI is InChI=1S/C11H17BrN2O/c1-8(15-2)6-14-7-9-3-10(12)5-11(13)4-9/h3-5,8,14H,6-7,13H2,1-2H3. The molecule has 0 amide bonds. The third kappa shape index (κ3) is 4.64. The number of benzene rings is 1. The first-order chi connectivity index (χ1) is 7.11. The summed E-state index contributed by atoms with van der Waals surface area (Å²) in [4.78, 5) is 0. The molecule has 1 rings (SSSR count). The fourth-order valence-electron chi connectivity index (χ4n) is 1.28. The third-order valence-electron chi connectivity index (χ3n) is 2.14. The van der Waals surface area contributed by atoms with Crippen molar-refractivity contribution in [3.05, 3.63) is 28.2 Å². The second-order valence-corrected chi connectivity index (χ2v) is 4.49. The molecule has 0 aliphatic heterocycles. The molecule has 0 saturated heterocycles. The van der Waals surface area contributed by atoms with Crippen LogP contribution in [-0.2, 0) is 11.3 Å². The average molecular weight is 273 g/mol. The molecule has 0 spiro atoms. The molecule has 0 heterocycles. The fourth-order valence-corrected chi connectivity index (χ4v) is 1.84. The highest BCUT2D eigenvalue weighted by molar-refractivity contribution is 9.10. The van der Waals surface area contributed by atoms with Crippen molar-refractivity contribution >= 4 is 21.6 Å². The summed E-state index contributed by atoms with van der Waals surface area (Å²) in [5.41, 5.74) is 7.68. The molecule has 3 N–H and O–H groups in total. The number of halogens is 1. The number of nitrogens with two attached hydrogens (primary N) is 1. The van der Waals surface area contributed by atoms with Crippen molar-refractivity contribution in [1.29, 1.82) is 0 Å². The van der Waals surface area contributed by atoms with Crippen molar-refractivity contribution in [2.75, 3.05) is 19.4 Å². The van der Waals surface area contributed by atoms with Gasteiger partial charge in [0.15, 0.2) is 0 Å². The monoisotopic (exact) mass is 272 g/mol. The molecule has 1 aromatic carbocycles. The summed E-state index contributed by atoms with van der Waals surface area (Å²) in [6.07, 6.45) is 0.231. The number of hydrogen-bond donors (Lipinski definition) is 2. The van der Waals surface area contributed by atoms with Gasteiger partial charge >= 0.3 is 0 Å². The lowest BCUT2D eigenvalue weighted by Crippen LogP contribution is -2.25. The molecule has 0 aliphatic rings. The highest BCUT2D eigenvalue weighted by atomic mass is 79.9. The first kappa shape index (κ1) is 12.5. The van der Waals surface area contributed by atoms with Crippen LogP contribution in [0.4, 0.5) is 5.69 Å². The predicted molar refractivity (Wildman–Crippen MR) is 66.7 cm³/mol. The van der Waals surface area contributed by atoms with Crippen LogP contribution in [0.1, 0.15) is 12.5 Å². The van der Waals surface area contributed by atoms with E-state index in [0.29, 0.717) is 0 Å². The second-order valence-electron chi connectivity index (χ2n) is 3.57. The van der Waals surface area contributed by atoms with Gasteiger partial charge in [-0.05, 0) is 30.7 Å². The van der Waals surface area contributed by atoms with Gasteiger partial charge in [-0.25, -0.2) is 0 Å². The van der Waals surface area contributed by atoms with E-state index in [2.05, 4.69) is 27.3 Å². The van der Waals surface area contributed by atoms with Gasteiger partial charge in [0.25, 0.3) is 0 Å². The minimum absolute atomic E-state index is 0.231. The van der Waals surface area contributed by atoms with Gasteiger partial charge in [0.1, 0.15) is 0 Å². The van der Waals surface area contributed by atoms with E-state index in [-0.39, 0.29) is 6.10 Å². The minimum atomic E-state index is 0.231. The zero-order valence-corrected chi connectivity index (χ0v) is 10.7. The largest absolute Gasteiger partial charge is 0.399 e. The Bertz CT molecular complexity index is 297. The zero-order chi connectivity index (χ0) is 11.3. The van der Waals surface area contributed by atoms with Crippen molar-refractivity contribution in [1.82, 2.24) is 5.32 Å². The van der Waals surface area contributed by atoms with Crippen LogP contribution in [0, 0.1) is 0 Å². The molecule has 3 nitrogen and oxygen atoms in total. The molecule has 0 fully saturated rings. The number of nitrogens with one attached hydrogen (secondary N) is 1. The number of nitrogen functional groups attached to an aromatic ring is 1. The Morgan fingerprint density at radius 3 is 2.80 bits per heavy atom. The van der Waals surface area contributed by atoms with Crippen LogP contribution in [0.2, 0.25) is 0 Å². The Kier molecular flexibility index (Phi) is 5.08. The van der Waals surface area contributed by atoms with Crippen LogP contribution in [0.3, 0.4) is 0 Å². The third-order valence-corrected chi connectivity index (χ3v) is 2.60. The Morgan fingerprint density at radius 2 is 2.20 bits per heavy atom. The van der Waals surface area contributed by atoms with Gasteiger partial charge in [0.2, 0.25) is 0 Å².